The number of nitrogens with zero attached hydrogens (tertiary/aromatic N) is 1. The van der Waals surface area contributed by atoms with Gasteiger partial charge in [0.1, 0.15) is 24.4 Å². The molecule has 0 aliphatic carbocycles. The minimum Gasteiger partial charge on any atom is -0.394 e. The summed E-state index contributed by atoms with van der Waals surface area (Å²) in [4.78, 5) is 4.71. The van der Waals surface area contributed by atoms with E-state index < -0.39 is 37.3 Å². The van der Waals surface area contributed by atoms with Gasteiger partial charge in [-0.1, -0.05) is 5.16 Å². The Bertz CT molecular complexity index is 221. The minimum absolute atomic E-state index is 0.485. The molecular weight excluding hydrogens is 206 g/mol. The van der Waals surface area contributed by atoms with Crippen LogP contribution in [0.5, 0.6) is 0 Å². The normalized spacial score (nSPS) is 42.1. The Morgan fingerprint density at radius 2 is 1.93 bits per heavy atom. The van der Waals surface area contributed by atoms with Gasteiger partial charge in [-0.25, -0.2) is 0 Å². The minimum atomic E-state index is -1.44. The molecule has 0 unspecified atom stereocenters. The molecule has 15 heavy (non-hydrogen) atoms. The van der Waals surface area contributed by atoms with Crippen LogP contribution in [-0.4, -0.2) is 64.0 Å². The van der Waals surface area contributed by atoms with Gasteiger partial charge >= 0.3 is 0 Å². The number of aliphatic hydroxyl groups is 4. The van der Waals surface area contributed by atoms with E-state index >= 15 is 0 Å². The molecule has 0 aromatic heterocycles. The lowest BCUT2D eigenvalue weighted by Gasteiger charge is -2.38. The Balaban J connectivity index is 2.65. The zero-order valence-electron chi connectivity index (χ0n) is 8.22. The molecule has 0 aromatic carbocycles. The molecule has 0 bridgehead atoms. The predicted molar refractivity (Wildman–Crippen MR) is 49.0 cm³/mol. The van der Waals surface area contributed by atoms with Gasteiger partial charge in [-0.3, -0.25) is 0 Å². The summed E-state index contributed by atoms with van der Waals surface area (Å²) in [6.07, 6.45) is -5.06. The lowest BCUT2D eigenvalue weighted by atomic mass is 9.99. The average Bonchev–Trinajstić information content (AvgIpc) is 2.25. The molecule has 1 rings (SSSR count). The predicted octanol–water partition coefficient (Wildman–Crippen LogP) is -2.19. The average molecular weight is 221 g/mol. The molecule has 5 atom stereocenters. The zero-order valence-corrected chi connectivity index (χ0v) is 8.22. The van der Waals surface area contributed by atoms with Crippen molar-refractivity contribution in [1.82, 2.24) is 0 Å². The third-order valence-electron chi connectivity index (χ3n) is 2.12. The van der Waals surface area contributed by atoms with E-state index in [1.807, 2.05) is 0 Å². The van der Waals surface area contributed by atoms with E-state index in [2.05, 4.69) is 5.16 Å². The van der Waals surface area contributed by atoms with E-state index in [1.54, 1.807) is 6.92 Å². The number of oxime groups is 1. The molecule has 0 aromatic rings. The highest BCUT2D eigenvalue weighted by atomic mass is 16.8. The van der Waals surface area contributed by atoms with Crippen LogP contribution in [0.2, 0.25) is 0 Å². The molecule has 4 N–H and O–H groups in total. The topological polar surface area (TPSA) is 112 Å². The van der Waals surface area contributed by atoms with E-state index in [1.165, 1.54) is 6.21 Å². The second-order valence-electron chi connectivity index (χ2n) is 3.17. The van der Waals surface area contributed by atoms with Crippen LogP contribution < -0.4 is 0 Å². The van der Waals surface area contributed by atoms with Crippen molar-refractivity contribution in [2.24, 2.45) is 5.16 Å². The molecule has 88 valence electrons. The number of hydrogen-bond acceptors (Lipinski definition) is 7. The van der Waals surface area contributed by atoms with Gasteiger partial charge in [-0.05, 0) is 6.92 Å². The maximum absolute atomic E-state index is 9.43. The summed E-state index contributed by atoms with van der Waals surface area (Å²) in [5, 5.41) is 40.4. The molecule has 1 saturated heterocycles. The van der Waals surface area contributed by atoms with Gasteiger partial charge in [-0.15, -0.1) is 0 Å². The fourth-order valence-corrected chi connectivity index (χ4v) is 1.28. The second kappa shape index (κ2) is 5.38. The first-order valence-corrected chi connectivity index (χ1v) is 4.56. The first-order valence-electron chi connectivity index (χ1n) is 4.56. The van der Waals surface area contributed by atoms with Gasteiger partial charge in [0.15, 0.2) is 0 Å². The van der Waals surface area contributed by atoms with E-state index in [0.717, 1.165) is 0 Å². The van der Waals surface area contributed by atoms with E-state index in [9.17, 15) is 15.3 Å². The molecule has 7 heteroatoms. The Kier molecular flexibility index (Phi) is 4.43. The lowest BCUT2D eigenvalue weighted by molar-refractivity contribution is -0.301. The fourth-order valence-electron chi connectivity index (χ4n) is 1.28. The Morgan fingerprint density at radius 3 is 2.47 bits per heavy atom. The van der Waals surface area contributed by atoms with Crippen LogP contribution in [0.1, 0.15) is 6.92 Å². The number of rotatable bonds is 3. The molecular formula is C8H15NO6. The molecule has 1 heterocycles. The molecule has 0 radical (unpaired) electrons. The van der Waals surface area contributed by atoms with Crippen LogP contribution in [0.4, 0.5) is 0 Å². The molecule has 1 aliphatic rings. The summed E-state index contributed by atoms with van der Waals surface area (Å²) in [5.74, 6) is 0. The number of hydrogen-bond donors (Lipinski definition) is 4. The first-order chi connectivity index (χ1) is 7.11. The van der Waals surface area contributed by atoms with Crippen molar-refractivity contribution in [3.05, 3.63) is 0 Å². The zero-order chi connectivity index (χ0) is 11.4. The van der Waals surface area contributed by atoms with Crippen LogP contribution in [0.25, 0.3) is 0 Å². The van der Waals surface area contributed by atoms with Crippen molar-refractivity contribution in [2.45, 2.75) is 37.6 Å². The van der Waals surface area contributed by atoms with E-state index in [4.69, 9.17) is 14.7 Å². The highest BCUT2D eigenvalue weighted by molar-refractivity contribution is 5.52. The van der Waals surface area contributed by atoms with Gasteiger partial charge in [0.2, 0.25) is 0 Å². The smallest absolute Gasteiger partial charge is 0.256 e. The van der Waals surface area contributed by atoms with Gasteiger partial charge in [0.25, 0.3) is 6.29 Å². The quantitative estimate of drug-likeness (QED) is 0.318. The third kappa shape index (κ3) is 2.64. The SMILES string of the molecule is C/C=N\O[C@@H]1O[C@H](CO)[C@H](O)[C@H](O)[C@H]1O. The van der Waals surface area contributed by atoms with Crippen LogP contribution >= 0.6 is 0 Å². The standard InChI is InChI=1S/C8H15NO6/c1-2-9-15-8-7(13)6(12)5(11)4(3-10)14-8/h2,4-8,10-13H,3H2,1H3/b9-2-/t4-,5+,6+,7-,8+/m1/s1. The third-order valence-corrected chi connectivity index (χ3v) is 2.12. The van der Waals surface area contributed by atoms with Crippen LogP contribution in [0.15, 0.2) is 5.16 Å². The molecule has 0 amide bonds. The highest BCUT2D eigenvalue weighted by Gasteiger charge is 2.44. The molecule has 0 saturated carbocycles. The van der Waals surface area contributed by atoms with Crippen LogP contribution in [0.3, 0.4) is 0 Å². The summed E-state index contributed by atoms with van der Waals surface area (Å²) in [6, 6.07) is 0. The van der Waals surface area contributed by atoms with Crippen molar-refractivity contribution in [1.29, 1.82) is 0 Å². The summed E-state index contributed by atoms with van der Waals surface area (Å²) in [5.41, 5.74) is 0. The molecule has 1 fully saturated rings. The Morgan fingerprint density at radius 1 is 1.27 bits per heavy atom. The highest BCUT2D eigenvalue weighted by Crippen LogP contribution is 2.21. The fraction of sp³-hybridized carbons (Fsp3) is 0.875. The summed E-state index contributed by atoms with van der Waals surface area (Å²) >= 11 is 0. The number of ether oxygens (including phenoxy) is 1. The summed E-state index contributed by atoms with van der Waals surface area (Å²) in [7, 11) is 0. The summed E-state index contributed by atoms with van der Waals surface area (Å²) in [6.45, 7) is 1.12. The maximum Gasteiger partial charge on any atom is 0.256 e. The summed E-state index contributed by atoms with van der Waals surface area (Å²) < 4.78 is 4.99. The van der Waals surface area contributed by atoms with Crippen molar-refractivity contribution in [3.8, 4) is 0 Å². The van der Waals surface area contributed by atoms with Crippen molar-refractivity contribution < 1.29 is 30.0 Å². The van der Waals surface area contributed by atoms with Crippen molar-refractivity contribution in [3.63, 3.8) is 0 Å². The largest absolute Gasteiger partial charge is 0.394 e. The van der Waals surface area contributed by atoms with Gasteiger partial charge in [0, 0.05) is 6.21 Å². The first kappa shape index (κ1) is 12.3. The maximum atomic E-state index is 9.43. The monoisotopic (exact) mass is 221 g/mol. The molecule has 0 spiro atoms. The van der Waals surface area contributed by atoms with Crippen molar-refractivity contribution in [2.75, 3.05) is 6.61 Å². The van der Waals surface area contributed by atoms with E-state index in [0.29, 0.717) is 0 Å². The van der Waals surface area contributed by atoms with E-state index in [-0.39, 0.29) is 0 Å². The van der Waals surface area contributed by atoms with Crippen molar-refractivity contribution >= 4 is 6.21 Å². The van der Waals surface area contributed by atoms with Crippen LogP contribution in [-0.2, 0) is 9.57 Å². The molecule has 7 nitrogen and oxygen atoms in total. The van der Waals surface area contributed by atoms with Gasteiger partial charge in [0.05, 0.1) is 6.61 Å². The number of aliphatic hydroxyl groups excluding tert-OH is 4. The Hall–Kier alpha value is -0.730. The Labute approximate surface area is 86.5 Å². The lowest BCUT2D eigenvalue weighted by Crippen LogP contribution is -2.58. The molecule has 1 aliphatic heterocycles. The van der Waals surface area contributed by atoms with Gasteiger partial charge in [-0.2, -0.15) is 0 Å². The van der Waals surface area contributed by atoms with Gasteiger partial charge < -0.3 is 30.0 Å². The second-order valence-corrected chi connectivity index (χ2v) is 3.17. The van der Waals surface area contributed by atoms with Crippen LogP contribution in [0, 0.1) is 0 Å².